The second-order valence-corrected chi connectivity index (χ2v) is 2.75. The summed E-state index contributed by atoms with van der Waals surface area (Å²) >= 11 is 0. The van der Waals surface area contributed by atoms with E-state index in [2.05, 4.69) is 0 Å². The number of rotatable bonds is 4. The molecule has 0 aromatic heterocycles. The largest absolute Gasteiger partial charge is 0.486 e. The standard InChI is InChI=1S/C10H10F3NO/c11-7(3-4-14)6-15-8-1-2-9(12)10(13)5-8/h1-3,5H,4,6,14H2/b7-3-. The first-order valence-electron chi connectivity index (χ1n) is 4.26. The normalized spacial score (nSPS) is 11.6. The Labute approximate surface area is 85.2 Å². The first-order chi connectivity index (χ1) is 7.13. The van der Waals surface area contributed by atoms with Crippen LogP contribution in [0.25, 0.3) is 0 Å². The van der Waals surface area contributed by atoms with Gasteiger partial charge < -0.3 is 10.5 Å². The van der Waals surface area contributed by atoms with Crippen molar-refractivity contribution in [2.24, 2.45) is 5.73 Å². The molecule has 0 bridgehead atoms. The molecule has 0 fully saturated rings. The Bertz CT molecular complexity index is 366. The van der Waals surface area contributed by atoms with Gasteiger partial charge in [0, 0.05) is 12.6 Å². The quantitative estimate of drug-likeness (QED) is 0.838. The number of ether oxygens (including phenoxy) is 1. The van der Waals surface area contributed by atoms with Gasteiger partial charge in [0.1, 0.15) is 18.2 Å². The van der Waals surface area contributed by atoms with Gasteiger partial charge in [-0.3, -0.25) is 0 Å². The van der Waals surface area contributed by atoms with Gasteiger partial charge in [0.2, 0.25) is 0 Å². The molecular weight excluding hydrogens is 207 g/mol. The first-order valence-corrected chi connectivity index (χ1v) is 4.26. The van der Waals surface area contributed by atoms with E-state index < -0.39 is 17.5 Å². The average Bonchev–Trinajstić information content (AvgIpc) is 2.20. The summed E-state index contributed by atoms with van der Waals surface area (Å²) in [6, 6.07) is 2.98. The highest BCUT2D eigenvalue weighted by Crippen LogP contribution is 2.16. The van der Waals surface area contributed by atoms with Crippen molar-refractivity contribution in [1.82, 2.24) is 0 Å². The Hall–Kier alpha value is -1.49. The van der Waals surface area contributed by atoms with Crippen molar-refractivity contribution in [2.45, 2.75) is 0 Å². The number of hydrogen-bond donors (Lipinski definition) is 1. The van der Waals surface area contributed by atoms with Gasteiger partial charge in [0.15, 0.2) is 11.6 Å². The van der Waals surface area contributed by atoms with E-state index in [4.69, 9.17) is 10.5 Å². The monoisotopic (exact) mass is 217 g/mol. The molecule has 0 heterocycles. The summed E-state index contributed by atoms with van der Waals surface area (Å²) in [7, 11) is 0. The van der Waals surface area contributed by atoms with Gasteiger partial charge in [0.25, 0.3) is 0 Å². The summed E-state index contributed by atoms with van der Waals surface area (Å²) < 4.78 is 42.8. The lowest BCUT2D eigenvalue weighted by Gasteiger charge is -2.04. The molecule has 5 heteroatoms. The predicted octanol–water partition coefficient (Wildman–Crippen LogP) is 2.16. The Morgan fingerprint density at radius 1 is 1.33 bits per heavy atom. The molecule has 1 rings (SSSR count). The smallest absolute Gasteiger partial charge is 0.162 e. The minimum atomic E-state index is -1.03. The highest BCUT2D eigenvalue weighted by atomic mass is 19.2. The Kier molecular flexibility index (Phi) is 4.17. The van der Waals surface area contributed by atoms with E-state index >= 15 is 0 Å². The van der Waals surface area contributed by atoms with Gasteiger partial charge in [-0.2, -0.15) is 0 Å². The summed E-state index contributed by atoms with van der Waals surface area (Å²) in [5, 5.41) is 0. The van der Waals surface area contributed by atoms with Crippen LogP contribution in [0.3, 0.4) is 0 Å². The highest BCUT2D eigenvalue weighted by molar-refractivity contribution is 5.23. The minimum absolute atomic E-state index is 0.0625. The molecule has 0 saturated heterocycles. The lowest BCUT2D eigenvalue weighted by molar-refractivity contribution is 0.315. The Morgan fingerprint density at radius 2 is 2.07 bits per heavy atom. The second kappa shape index (κ2) is 5.41. The highest BCUT2D eigenvalue weighted by Gasteiger charge is 2.03. The molecule has 0 spiro atoms. The van der Waals surface area contributed by atoms with Crippen molar-refractivity contribution in [3.63, 3.8) is 0 Å². The van der Waals surface area contributed by atoms with Crippen LogP contribution in [0, 0.1) is 11.6 Å². The van der Waals surface area contributed by atoms with E-state index in [1.165, 1.54) is 6.07 Å². The number of hydrogen-bond acceptors (Lipinski definition) is 2. The van der Waals surface area contributed by atoms with Gasteiger partial charge in [-0.05, 0) is 18.2 Å². The molecule has 0 atom stereocenters. The average molecular weight is 217 g/mol. The fraction of sp³-hybridized carbons (Fsp3) is 0.200. The molecule has 1 aromatic rings. The van der Waals surface area contributed by atoms with Gasteiger partial charge in [0.05, 0.1) is 0 Å². The molecule has 2 N–H and O–H groups in total. The summed E-state index contributed by atoms with van der Waals surface area (Å²) in [5.74, 6) is -2.49. The van der Waals surface area contributed by atoms with Crippen LogP contribution in [-0.2, 0) is 0 Å². The molecule has 0 aliphatic heterocycles. The molecule has 0 saturated carbocycles. The summed E-state index contributed by atoms with van der Waals surface area (Å²) in [5.41, 5.74) is 5.06. The zero-order chi connectivity index (χ0) is 11.3. The second-order valence-electron chi connectivity index (χ2n) is 2.75. The Balaban J connectivity index is 2.58. The molecule has 0 aliphatic rings. The van der Waals surface area contributed by atoms with Crippen LogP contribution in [0.4, 0.5) is 13.2 Å². The van der Waals surface area contributed by atoms with Crippen LogP contribution in [0.1, 0.15) is 0 Å². The van der Waals surface area contributed by atoms with Gasteiger partial charge >= 0.3 is 0 Å². The fourth-order valence-corrected chi connectivity index (χ4v) is 0.906. The molecule has 0 radical (unpaired) electrons. The van der Waals surface area contributed by atoms with E-state index in [1.807, 2.05) is 0 Å². The summed E-state index contributed by atoms with van der Waals surface area (Å²) in [6.07, 6.45) is 1.14. The first kappa shape index (κ1) is 11.6. The SMILES string of the molecule is NC/C=C(\F)COc1ccc(F)c(F)c1. The van der Waals surface area contributed by atoms with Gasteiger partial charge in [-0.15, -0.1) is 0 Å². The van der Waals surface area contributed by atoms with Crippen LogP contribution in [0.15, 0.2) is 30.1 Å². The number of benzene rings is 1. The van der Waals surface area contributed by atoms with Gasteiger partial charge in [-0.25, -0.2) is 13.2 Å². The Morgan fingerprint density at radius 3 is 2.67 bits per heavy atom. The summed E-state index contributed by atoms with van der Waals surface area (Å²) in [6.45, 7) is -0.282. The van der Waals surface area contributed by atoms with Crippen LogP contribution in [0.2, 0.25) is 0 Å². The maximum atomic E-state index is 12.8. The van der Waals surface area contributed by atoms with Crippen molar-refractivity contribution in [3.05, 3.63) is 41.7 Å². The van der Waals surface area contributed by atoms with Crippen LogP contribution in [0.5, 0.6) is 5.75 Å². The topological polar surface area (TPSA) is 35.2 Å². The van der Waals surface area contributed by atoms with Crippen LogP contribution >= 0.6 is 0 Å². The third-order valence-corrected chi connectivity index (χ3v) is 1.61. The van der Waals surface area contributed by atoms with Crippen molar-refractivity contribution < 1.29 is 17.9 Å². The zero-order valence-corrected chi connectivity index (χ0v) is 7.84. The lowest BCUT2D eigenvalue weighted by Crippen LogP contribution is -2.02. The molecule has 82 valence electrons. The minimum Gasteiger partial charge on any atom is -0.486 e. The maximum Gasteiger partial charge on any atom is 0.162 e. The lowest BCUT2D eigenvalue weighted by atomic mass is 10.3. The predicted molar refractivity (Wildman–Crippen MR) is 50.1 cm³/mol. The molecule has 2 nitrogen and oxygen atoms in total. The third kappa shape index (κ3) is 3.63. The zero-order valence-electron chi connectivity index (χ0n) is 7.84. The van der Waals surface area contributed by atoms with E-state index in [9.17, 15) is 13.2 Å². The molecule has 1 aromatic carbocycles. The van der Waals surface area contributed by atoms with E-state index in [0.717, 1.165) is 18.2 Å². The van der Waals surface area contributed by atoms with Crippen LogP contribution in [-0.4, -0.2) is 13.2 Å². The number of halogens is 3. The van der Waals surface area contributed by atoms with Crippen molar-refractivity contribution in [1.29, 1.82) is 0 Å². The van der Waals surface area contributed by atoms with Crippen LogP contribution < -0.4 is 10.5 Å². The van der Waals surface area contributed by atoms with Crippen molar-refractivity contribution >= 4 is 0 Å². The third-order valence-electron chi connectivity index (χ3n) is 1.61. The molecular formula is C10H10F3NO. The van der Waals surface area contributed by atoms with Crippen molar-refractivity contribution in [3.8, 4) is 5.75 Å². The molecule has 0 amide bonds. The van der Waals surface area contributed by atoms with E-state index in [-0.39, 0.29) is 18.9 Å². The summed E-state index contributed by atoms with van der Waals surface area (Å²) in [4.78, 5) is 0. The molecule has 0 unspecified atom stereocenters. The van der Waals surface area contributed by atoms with E-state index in [1.54, 1.807) is 0 Å². The fourth-order valence-electron chi connectivity index (χ4n) is 0.906. The van der Waals surface area contributed by atoms with E-state index in [0.29, 0.717) is 0 Å². The molecule has 15 heavy (non-hydrogen) atoms. The number of nitrogens with two attached hydrogens (primary N) is 1. The maximum absolute atomic E-state index is 12.8. The van der Waals surface area contributed by atoms with Gasteiger partial charge in [-0.1, -0.05) is 0 Å². The van der Waals surface area contributed by atoms with Crippen molar-refractivity contribution in [2.75, 3.05) is 13.2 Å². The molecule has 0 aliphatic carbocycles.